The van der Waals surface area contributed by atoms with E-state index in [4.69, 9.17) is 4.74 Å². The van der Waals surface area contributed by atoms with Gasteiger partial charge in [-0.25, -0.2) is 4.79 Å². The van der Waals surface area contributed by atoms with Crippen molar-refractivity contribution in [2.24, 2.45) is 5.92 Å². The van der Waals surface area contributed by atoms with Crippen LogP contribution in [0.5, 0.6) is 0 Å². The summed E-state index contributed by atoms with van der Waals surface area (Å²) < 4.78 is 6.93. The van der Waals surface area contributed by atoms with E-state index >= 15 is 0 Å². The smallest absolute Gasteiger partial charge is 0.330 e. The highest BCUT2D eigenvalue weighted by Crippen LogP contribution is 2.36. The van der Waals surface area contributed by atoms with Crippen LogP contribution in [0.25, 0.3) is 0 Å². The Balaban J connectivity index is 1.85. The van der Waals surface area contributed by atoms with Crippen LogP contribution in [0.2, 0.25) is 0 Å². The number of ether oxygens (including phenoxy) is 1. The van der Waals surface area contributed by atoms with Crippen LogP contribution in [-0.2, 0) is 11.2 Å². The van der Waals surface area contributed by atoms with E-state index in [2.05, 4.69) is 4.98 Å². The second-order valence-corrected chi connectivity index (χ2v) is 5.94. The molecule has 3 N–H and O–H groups in total. The van der Waals surface area contributed by atoms with Crippen molar-refractivity contribution in [2.45, 2.75) is 31.3 Å². The highest BCUT2D eigenvalue weighted by atomic mass is 16.5. The molecule has 7 nitrogen and oxygen atoms in total. The van der Waals surface area contributed by atoms with E-state index in [1.165, 1.54) is 16.8 Å². The van der Waals surface area contributed by atoms with Gasteiger partial charge in [-0.3, -0.25) is 14.3 Å². The molecule has 7 heteroatoms. The molecule has 1 aromatic carbocycles. The van der Waals surface area contributed by atoms with Crippen molar-refractivity contribution in [3.63, 3.8) is 0 Å². The number of aryl methyl sites for hydroxylation is 1. The van der Waals surface area contributed by atoms with E-state index in [-0.39, 0.29) is 12.5 Å². The number of benzene rings is 1. The van der Waals surface area contributed by atoms with Crippen molar-refractivity contribution >= 4 is 0 Å². The minimum absolute atomic E-state index is 0.336. The highest BCUT2D eigenvalue weighted by molar-refractivity contribution is 5.15. The van der Waals surface area contributed by atoms with Crippen LogP contribution in [0, 0.1) is 5.92 Å². The molecule has 2 heterocycles. The van der Waals surface area contributed by atoms with E-state index in [0.29, 0.717) is 12.8 Å². The number of aliphatic hydroxyl groups is 2. The minimum Gasteiger partial charge on any atom is -0.394 e. The zero-order valence-corrected chi connectivity index (χ0v) is 13.0. The topological polar surface area (TPSA) is 105 Å². The molecular formula is C17H20N2O5. The lowest BCUT2D eigenvalue weighted by Gasteiger charge is -2.21. The normalized spacial score (nSPS) is 26.6. The summed E-state index contributed by atoms with van der Waals surface area (Å²) in [6.45, 7) is -0.336. The van der Waals surface area contributed by atoms with Gasteiger partial charge in [0.2, 0.25) is 0 Å². The second kappa shape index (κ2) is 7.12. The molecule has 0 amide bonds. The van der Waals surface area contributed by atoms with Crippen LogP contribution in [-0.4, -0.2) is 38.6 Å². The molecule has 2 aromatic rings. The zero-order valence-electron chi connectivity index (χ0n) is 13.0. The first-order valence-electron chi connectivity index (χ1n) is 7.90. The van der Waals surface area contributed by atoms with Crippen molar-refractivity contribution in [2.75, 3.05) is 6.61 Å². The molecule has 0 saturated carbocycles. The summed E-state index contributed by atoms with van der Waals surface area (Å²) in [5.41, 5.74) is 0.0297. The summed E-state index contributed by atoms with van der Waals surface area (Å²) in [7, 11) is 0. The van der Waals surface area contributed by atoms with Gasteiger partial charge in [-0.05, 0) is 18.4 Å². The molecule has 0 aliphatic carbocycles. The SMILES string of the molecule is O=c1ccn([C@@H]2O[C@H](CO)[C@@H](O)[C@H]2CCc2ccccc2)c(=O)[nH]1. The van der Waals surface area contributed by atoms with Crippen molar-refractivity contribution < 1.29 is 14.9 Å². The monoisotopic (exact) mass is 332 g/mol. The van der Waals surface area contributed by atoms with Crippen molar-refractivity contribution in [1.82, 2.24) is 9.55 Å². The quantitative estimate of drug-likeness (QED) is 0.717. The zero-order chi connectivity index (χ0) is 17.1. The largest absolute Gasteiger partial charge is 0.394 e. The fraction of sp³-hybridized carbons (Fsp3) is 0.412. The van der Waals surface area contributed by atoms with Gasteiger partial charge in [-0.1, -0.05) is 30.3 Å². The molecule has 1 fully saturated rings. The van der Waals surface area contributed by atoms with Gasteiger partial charge in [0.05, 0.1) is 12.7 Å². The fourth-order valence-electron chi connectivity index (χ4n) is 3.15. The van der Waals surface area contributed by atoms with E-state index in [9.17, 15) is 19.8 Å². The molecule has 24 heavy (non-hydrogen) atoms. The standard InChI is InChI=1S/C17H20N2O5/c20-10-13-15(22)12(7-6-11-4-2-1-3-5-11)16(24-13)19-9-8-14(21)18-17(19)23/h1-5,8-9,12-13,15-16,20,22H,6-7,10H2,(H,18,21,23)/t12-,13-,15+,16-/m1/s1. The van der Waals surface area contributed by atoms with E-state index in [1.54, 1.807) is 0 Å². The predicted molar refractivity (Wildman–Crippen MR) is 86.6 cm³/mol. The Labute approximate surface area is 138 Å². The Morgan fingerprint density at radius 2 is 1.92 bits per heavy atom. The van der Waals surface area contributed by atoms with Crippen LogP contribution >= 0.6 is 0 Å². The van der Waals surface area contributed by atoms with Crippen LogP contribution in [0.4, 0.5) is 0 Å². The van der Waals surface area contributed by atoms with Crippen LogP contribution < -0.4 is 11.2 Å². The van der Waals surface area contributed by atoms with E-state index in [1.807, 2.05) is 30.3 Å². The van der Waals surface area contributed by atoms with Crippen molar-refractivity contribution in [3.8, 4) is 0 Å². The number of H-pyrrole nitrogens is 1. The number of hydrogen-bond acceptors (Lipinski definition) is 5. The second-order valence-electron chi connectivity index (χ2n) is 5.94. The van der Waals surface area contributed by atoms with Gasteiger partial charge in [-0.15, -0.1) is 0 Å². The maximum absolute atomic E-state index is 12.0. The van der Waals surface area contributed by atoms with Gasteiger partial charge in [0, 0.05) is 18.2 Å². The summed E-state index contributed by atoms with van der Waals surface area (Å²) in [6.07, 6.45) is 0.270. The van der Waals surface area contributed by atoms with Gasteiger partial charge in [0.25, 0.3) is 5.56 Å². The molecule has 0 bridgehead atoms. The number of nitrogens with one attached hydrogen (secondary N) is 1. The average molecular weight is 332 g/mol. The lowest BCUT2D eigenvalue weighted by Crippen LogP contribution is -2.35. The number of aromatic amines is 1. The van der Waals surface area contributed by atoms with Gasteiger partial charge in [0.15, 0.2) is 0 Å². The van der Waals surface area contributed by atoms with Crippen LogP contribution in [0.1, 0.15) is 18.2 Å². The Morgan fingerprint density at radius 1 is 1.17 bits per heavy atom. The van der Waals surface area contributed by atoms with E-state index in [0.717, 1.165) is 5.56 Å². The van der Waals surface area contributed by atoms with Gasteiger partial charge in [0.1, 0.15) is 12.3 Å². The summed E-state index contributed by atoms with van der Waals surface area (Å²) in [4.78, 5) is 25.5. The first-order chi connectivity index (χ1) is 11.6. The molecule has 0 unspecified atom stereocenters. The van der Waals surface area contributed by atoms with Crippen LogP contribution in [0.3, 0.4) is 0 Å². The van der Waals surface area contributed by atoms with Crippen molar-refractivity contribution in [3.05, 3.63) is 69.0 Å². The molecule has 0 spiro atoms. The fourth-order valence-corrected chi connectivity index (χ4v) is 3.15. The predicted octanol–water partition coefficient (Wildman–Crippen LogP) is 0.0362. The number of hydrogen-bond donors (Lipinski definition) is 3. The third-order valence-electron chi connectivity index (χ3n) is 4.41. The maximum Gasteiger partial charge on any atom is 0.330 e. The molecule has 1 aliphatic rings. The number of rotatable bonds is 5. The first kappa shape index (κ1) is 16.6. The van der Waals surface area contributed by atoms with Gasteiger partial charge in [-0.2, -0.15) is 0 Å². The van der Waals surface area contributed by atoms with Crippen LogP contribution in [0.15, 0.2) is 52.2 Å². The molecule has 1 aliphatic heterocycles. The highest BCUT2D eigenvalue weighted by Gasteiger charge is 2.44. The summed E-state index contributed by atoms with van der Waals surface area (Å²) in [5.74, 6) is -0.369. The van der Waals surface area contributed by atoms with E-state index < -0.39 is 29.7 Å². The average Bonchev–Trinajstić information content (AvgIpc) is 2.90. The first-order valence-corrected chi connectivity index (χ1v) is 7.90. The number of aromatic nitrogens is 2. The molecule has 3 rings (SSSR count). The summed E-state index contributed by atoms with van der Waals surface area (Å²) in [5, 5.41) is 19.8. The molecular weight excluding hydrogens is 312 g/mol. The third-order valence-corrected chi connectivity index (χ3v) is 4.41. The molecule has 1 saturated heterocycles. The Morgan fingerprint density at radius 3 is 2.58 bits per heavy atom. The molecule has 4 atom stereocenters. The minimum atomic E-state index is -0.887. The third kappa shape index (κ3) is 3.33. The molecule has 128 valence electrons. The Kier molecular flexibility index (Phi) is 4.94. The lowest BCUT2D eigenvalue weighted by molar-refractivity contribution is -0.0483. The van der Waals surface area contributed by atoms with Gasteiger partial charge < -0.3 is 14.9 Å². The Bertz CT molecular complexity index is 785. The number of nitrogens with zero attached hydrogens (tertiary/aromatic N) is 1. The molecule has 0 radical (unpaired) electrons. The summed E-state index contributed by atoms with van der Waals surface area (Å²) in [6, 6.07) is 11.0. The molecule has 1 aromatic heterocycles. The maximum atomic E-state index is 12.0. The summed E-state index contributed by atoms with van der Waals surface area (Å²) >= 11 is 0. The van der Waals surface area contributed by atoms with Gasteiger partial charge >= 0.3 is 5.69 Å². The number of aliphatic hydroxyl groups excluding tert-OH is 2. The Hall–Kier alpha value is -2.22. The lowest BCUT2D eigenvalue weighted by atomic mass is 9.92. The van der Waals surface area contributed by atoms with Crippen molar-refractivity contribution in [1.29, 1.82) is 0 Å².